The first-order valence-electron chi connectivity index (χ1n) is 9.28. The van der Waals surface area contributed by atoms with Crippen molar-refractivity contribution in [1.29, 1.82) is 0 Å². The van der Waals surface area contributed by atoms with E-state index >= 15 is 0 Å². The minimum absolute atomic E-state index is 0.167. The highest BCUT2D eigenvalue weighted by molar-refractivity contribution is 5.96. The van der Waals surface area contributed by atoms with E-state index in [9.17, 15) is 19.2 Å². The Morgan fingerprint density at radius 1 is 1.10 bits per heavy atom. The molecule has 0 aliphatic heterocycles. The van der Waals surface area contributed by atoms with Crippen LogP contribution in [0.2, 0.25) is 0 Å². The smallest absolute Gasteiger partial charge is 0.326 e. The maximum Gasteiger partial charge on any atom is 0.326 e. The molecule has 9 nitrogen and oxygen atoms in total. The second-order valence-electron chi connectivity index (χ2n) is 6.57. The molecule has 0 saturated carbocycles. The van der Waals surface area contributed by atoms with Gasteiger partial charge in [0.15, 0.2) is 5.82 Å². The number of hydrogen-bond acceptors (Lipinski definition) is 5. The number of carboxylic acids is 1. The molecule has 2 aromatic carbocycles. The number of aromatic nitrogens is 2. The Balaban J connectivity index is 1.72. The van der Waals surface area contributed by atoms with Crippen molar-refractivity contribution < 1.29 is 19.5 Å². The number of benzene rings is 2. The fourth-order valence-corrected chi connectivity index (χ4v) is 2.95. The Morgan fingerprint density at radius 2 is 1.83 bits per heavy atom. The van der Waals surface area contributed by atoms with Gasteiger partial charge in [0.1, 0.15) is 11.6 Å². The number of carbonyl (C=O) groups excluding carboxylic acids is 2. The van der Waals surface area contributed by atoms with Crippen molar-refractivity contribution in [2.45, 2.75) is 25.9 Å². The Kier molecular flexibility index (Phi) is 6.21. The lowest BCUT2D eigenvalue weighted by Gasteiger charge is -2.11. The van der Waals surface area contributed by atoms with Crippen LogP contribution in [0.4, 0.5) is 0 Å². The molecule has 0 spiro atoms. The molecule has 1 atom stereocenters. The molecule has 154 valence electrons. The highest BCUT2D eigenvalue weighted by atomic mass is 16.4. The summed E-state index contributed by atoms with van der Waals surface area (Å²) in [6.45, 7) is 1.80. The number of nitrogens with zero attached hydrogens (tertiary/aromatic N) is 1. The minimum Gasteiger partial charge on any atom is -0.480 e. The van der Waals surface area contributed by atoms with E-state index in [1.54, 1.807) is 6.92 Å². The SMILES string of the molecule is CCC(NC(=O)c1ncc(C(=O)NCc2cccc3ccccc23)c(=O)[nH]1)C(=O)O. The lowest BCUT2D eigenvalue weighted by molar-refractivity contribution is -0.139. The minimum atomic E-state index is -1.20. The van der Waals surface area contributed by atoms with Gasteiger partial charge in [-0.3, -0.25) is 14.4 Å². The first-order valence-corrected chi connectivity index (χ1v) is 9.28. The van der Waals surface area contributed by atoms with Crippen molar-refractivity contribution >= 4 is 28.6 Å². The molecule has 30 heavy (non-hydrogen) atoms. The number of carbonyl (C=O) groups is 3. The lowest BCUT2D eigenvalue weighted by Crippen LogP contribution is -2.41. The predicted octanol–water partition coefficient (Wildman–Crippen LogP) is 1.45. The highest BCUT2D eigenvalue weighted by Crippen LogP contribution is 2.18. The van der Waals surface area contributed by atoms with Gasteiger partial charge in [-0.15, -0.1) is 0 Å². The number of H-pyrrole nitrogens is 1. The van der Waals surface area contributed by atoms with Crippen molar-refractivity contribution in [3.8, 4) is 0 Å². The van der Waals surface area contributed by atoms with E-state index in [1.165, 1.54) is 0 Å². The van der Waals surface area contributed by atoms with Gasteiger partial charge in [-0.05, 0) is 22.8 Å². The Hall–Kier alpha value is -4.01. The topological polar surface area (TPSA) is 141 Å². The zero-order chi connectivity index (χ0) is 21.7. The molecule has 1 heterocycles. The van der Waals surface area contributed by atoms with E-state index in [4.69, 9.17) is 5.11 Å². The quantitative estimate of drug-likeness (QED) is 0.466. The molecule has 3 aromatic rings. The molecule has 0 aliphatic rings. The van der Waals surface area contributed by atoms with Crippen LogP contribution < -0.4 is 16.2 Å². The summed E-state index contributed by atoms with van der Waals surface area (Å²) >= 11 is 0. The summed E-state index contributed by atoms with van der Waals surface area (Å²) in [7, 11) is 0. The van der Waals surface area contributed by atoms with Crippen molar-refractivity contribution in [3.63, 3.8) is 0 Å². The number of amides is 2. The Labute approximate surface area is 171 Å². The van der Waals surface area contributed by atoms with Crippen LogP contribution in [0.15, 0.2) is 53.5 Å². The molecule has 4 N–H and O–H groups in total. The zero-order valence-corrected chi connectivity index (χ0v) is 16.1. The second-order valence-corrected chi connectivity index (χ2v) is 6.57. The molecule has 1 aromatic heterocycles. The Bertz CT molecular complexity index is 1170. The summed E-state index contributed by atoms with van der Waals surface area (Å²) in [6.07, 6.45) is 1.16. The molecule has 9 heteroatoms. The third-order valence-corrected chi connectivity index (χ3v) is 4.59. The van der Waals surface area contributed by atoms with E-state index in [2.05, 4.69) is 20.6 Å². The summed E-state index contributed by atoms with van der Waals surface area (Å²) in [6, 6.07) is 12.4. The van der Waals surface area contributed by atoms with Crippen LogP contribution in [0.1, 0.15) is 39.9 Å². The third-order valence-electron chi connectivity index (χ3n) is 4.59. The highest BCUT2D eigenvalue weighted by Gasteiger charge is 2.21. The number of aliphatic carboxylic acids is 1. The summed E-state index contributed by atoms with van der Waals surface area (Å²) in [5, 5.41) is 15.9. The van der Waals surface area contributed by atoms with E-state index in [-0.39, 0.29) is 24.4 Å². The maximum absolute atomic E-state index is 12.4. The molecule has 2 amide bonds. The molecular weight excluding hydrogens is 388 g/mol. The molecule has 0 saturated heterocycles. The van der Waals surface area contributed by atoms with E-state index in [0.29, 0.717) is 0 Å². The van der Waals surface area contributed by atoms with Crippen molar-refractivity contribution in [2.75, 3.05) is 0 Å². The molecule has 0 bridgehead atoms. The molecular formula is C21H20N4O5. The van der Waals surface area contributed by atoms with Crippen LogP contribution in [-0.2, 0) is 11.3 Å². The van der Waals surface area contributed by atoms with E-state index in [0.717, 1.165) is 22.5 Å². The summed E-state index contributed by atoms with van der Waals surface area (Å²) in [4.78, 5) is 53.8. The largest absolute Gasteiger partial charge is 0.480 e. The van der Waals surface area contributed by atoms with Crippen molar-refractivity contribution in [2.24, 2.45) is 0 Å². The van der Waals surface area contributed by atoms with Crippen LogP contribution in [-0.4, -0.2) is 38.9 Å². The van der Waals surface area contributed by atoms with Crippen molar-refractivity contribution in [1.82, 2.24) is 20.6 Å². The molecule has 1 unspecified atom stereocenters. The standard InChI is InChI=1S/C21H20N4O5/c1-2-16(21(29)30)24-20(28)17-22-11-15(19(27)25-17)18(26)23-10-13-8-5-7-12-6-3-4-9-14(12)13/h3-9,11,16H,2,10H2,1H3,(H,23,26)(H,24,28)(H,29,30)(H,22,25,27). The first kappa shape index (κ1) is 20.7. The second kappa shape index (κ2) is 8.99. The number of rotatable bonds is 7. The monoisotopic (exact) mass is 408 g/mol. The zero-order valence-electron chi connectivity index (χ0n) is 16.1. The van der Waals surface area contributed by atoms with Gasteiger partial charge in [-0.1, -0.05) is 49.4 Å². The average molecular weight is 408 g/mol. The van der Waals surface area contributed by atoms with Crippen LogP contribution >= 0.6 is 0 Å². The van der Waals surface area contributed by atoms with Gasteiger partial charge < -0.3 is 20.7 Å². The predicted molar refractivity (Wildman–Crippen MR) is 109 cm³/mol. The first-order chi connectivity index (χ1) is 14.4. The number of fused-ring (bicyclic) bond motifs is 1. The third kappa shape index (κ3) is 4.52. The van der Waals surface area contributed by atoms with Crippen LogP contribution in [0, 0.1) is 0 Å². The number of carboxylic acid groups (broad SMARTS) is 1. The summed E-state index contributed by atoms with van der Waals surface area (Å²) in [5.41, 5.74) is -0.160. The van der Waals surface area contributed by atoms with Crippen LogP contribution in [0.5, 0.6) is 0 Å². The summed E-state index contributed by atoms with van der Waals surface area (Å²) < 4.78 is 0. The van der Waals surface area contributed by atoms with Gasteiger partial charge in [0.25, 0.3) is 17.4 Å². The van der Waals surface area contributed by atoms with Gasteiger partial charge >= 0.3 is 5.97 Å². The summed E-state index contributed by atoms with van der Waals surface area (Å²) in [5.74, 6) is -3.05. The normalized spacial score (nSPS) is 11.6. The lowest BCUT2D eigenvalue weighted by atomic mass is 10.0. The van der Waals surface area contributed by atoms with Crippen LogP contribution in [0.25, 0.3) is 10.8 Å². The van der Waals surface area contributed by atoms with E-state index < -0.39 is 29.4 Å². The molecule has 0 radical (unpaired) electrons. The number of aromatic amines is 1. The van der Waals surface area contributed by atoms with Gasteiger partial charge in [-0.25, -0.2) is 9.78 Å². The number of nitrogens with one attached hydrogen (secondary N) is 3. The fraction of sp³-hybridized carbons (Fsp3) is 0.190. The Morgan fingerprint density at radius 3 is 2.53 bits per heavy atom. The number of hydrogen-bond donors (Lipinski definition) is 4. The molecule has 3 rings (SSSR count). The average Bonchev–Trinajstić information content (AvgIpc) is 2.75. The molecule has 0 aliphatic carbocycles. The molecule has 0 fully saturated rings. The van der Waals surface area contributed by atoms with Gasteiger partial charge in [0.2, 0.25) is 0 Å². The van der Waals surface area contributed by atoms with Gasteiger partial charge in [0.05, 0.1) is 0 Å². The van der Waals surface area contributed by atoms with Gasteiger partial charge in [0, 0.05) is 12.7 Å². The van der Waals surface area contributed by atoms with E-state index in [1.807, 2.05) is 42.5 Å². The van der Waals surface area contributed by atoms with Gasteiger partial charge in [-0.2, -0.15) is 0 Å². The fourth-order valence-electron chi connectivity index (χ4n) is 2.95. The van der Waals surface area contributed by atoms with Crippen molar-refractivity contribution in [3.05, 3.63) is 76.0 Å². The maximum atomic E-state index is 12.4. The van der Waals surface area contributed by atoms with Crippen LogP contribution in [0.3, 0.4) is 0 Å².